The van der Waals surface area contributed by atoms with Crippen LogP contribution in [0.4, 0.5) is 0 Å². The summed E-state index contributed by atoms with van der Waals surface area (Å²) in [5, 5.41) is 3.34. The second-order valence-corrected chi connectivity index (χ2v) is 5.53. The fourth-order valence-corrected chi connectivity index (χ4v) is 2.44. The molecule has 134 valence electrons. The van der Waals surface area contributed by atoms with E-state index < -0.39 is 0 Å². The van der Waals surface area contributed by atoms with Gasteiger partial charge in [0.1, 0.15) is 0 Å². The highest BCUT2D eigenvalue weighted by Crippen LogP contribution is 2.32. The van der Waals surface area contributed by atoms with E-state index >= 15 is 0 Å². The van der Waals surface area contributed by atoms with Gasteiger partial charge in [0.05, 0.1) is 0 Å². The molecule has 0 aliphatic carbocycles. The Kier molecular flexibility index (Phi) is 9.59. The Morgan fingerprint density at radius 2 is 2.17 bits per heavy atom. The van der Waals surface area contributed by atoms with Crippen LogP contribution >= 0.6 is 24.0 Å². The molecular weight excluding hydrogens is 417 g/mol. The number of rotatable bonds is 8. The number of unbranched alkanes of at least 4 members (excludes halogenated alkanes) is 1. The van der Waals surface area contributed by atoms with E-state index in [1.54, 1.807) is 0 Å². The molecule has 5 nitrogen and oxygen atoms in total. The summed E-state index contributed by atoms with van der Waals surface area (Å²) >= 11 is 0. The summed E-state index contributed by atoms with van der Waals surface area (Å²) in [5.74, 6) is 2.62. The van der Waals surface area contributed by atoms with E-state index in [2.05, 4.69) is 36.8 Å². The van der Waals surface area contributed by atoms with Crippen LogP contribution in [0.5, 0.6) is 11.5 Å². The Balaban J connectivity index is 0.00000288. The summed E-state index contributed by atoms with van der Waals surface area (Å²) in [6.45, 7) is 8.76. The van der Waals surface area contributed by atoms with Crippen LogP contribution in [-0.2, 0) is 6.42 Å². The van der Waals surface area contributed by atoms with Gasteiger partial charge in [0.25, 0.3) is 0 Å². The Hall–Kier alpha value is -1.44. The van der Waals surface area contributed by atoms with Crippen molar-refractivity contribution < 1.29 is 9.47 Å². The fourth-order valence-electron chi connectivity index (χ4n) is 2.44. The quantitative estimate of drug-likeness (QED) is 0.219. The molecule has 6 heteroatoms. The number of halogens is 1. The Morgan fingerprint density at radius 1 is 1.38 bits per heavy atom. The number of allylic oxidation sites excluding steroid dienone is 1. The highest BCUT2D eigenvalue weighted by molar-refractivity contribution is 14.0. The topological polar surface area (TPSA) is 46.1 Å². The number of fused-ring (bicyclic) bond motifs is 1. The molecule has 1 aromatic carbocycles. The summed E-state index contributed by atoms with van der Waals surface area (Å²) in [5.41, 5.74) is 1.21. The average Bonchev–Trinajstić information content (AvgIpc) is 3.02. The van der Waals surface area contributed by atoms with E-state index in [4.69, 9.17) is 14.5 Å². The van der Waals surface area contributed by atoms with Gasteiger partial charge in [-0.1, -0.05) is 12.1 Å². The van der Waals surface area contributed by atoms with E-state index in [1.807, 2.05) is 18.2 Å². The second-order valence-electron chi connectivity index (χ2n) is 5.53. The minimum atomic E-state index is 0. The number of guanidine groups is 1. The minimum Gasteiger partial charge on any atom is -0.454 e. The van der Waals surface area contributed by atoms with Crippen molar-refractivity contribution in [3.05, 3.63) is 36.4 Å². The number of hydrogen-bond acceptors (Lipinski definition) is 3. The molecular formula is C18H28IN3O2. The van der Waals surface area contributed by atoms with E-state index in [0.717, 1.165) is 56.4 Å². The molecule has 2 rings (SSSR count). The van der Waals surface area contributed by atoms with Crippen LogP contribution in [0, 0.1) is 0 Å². The zero-order valence-corrected chi connectivity index (χ0v) is 16.9. The molecule has 1 heterocycles. The molecule has 1 aromatic rings. The van der Waals surface area contributed by atoms with E-state index in [9.17, 15) is 0 Å². The number of benzene rings is 1. The van der Waals surface area contributed by atoms with Crippen LogP contribution in [0.1, 0.15) is 25.3 Å². The van der Waals surface area contributed by atoms with Gasteiger partial charge < -0.3 is 19.7 Å². The number of nitrogens with zero attached hydrogens (tertiary/aromatic N) is 2. The third-order valence-electron chi connectivity index (χ3n) is 3.70. The van der Waals surface area contributed by atoms with Crippen molar-refractivity contribution >= 4 is 29.9 Å². The maximum atomic E-state index is 5.41. The molecule has 0 saturated carbocycles. The van der Waals surface area contributed by atoms with Crippen LogP contribution in [-0.4, -0.2) is 44.3 Å². The molecule has 0 bridgehead atoms. The van der Waals surface area contributed by atoms with E-state index in [-0.39, 0.29) is 24.0 Å². The first-order valence-electron chi connectivity index (χ1n) is 8.23. The number of hydrogen-bond donors (Lipinski definition) is 1. The number of nitrogens with one attached hydrogen (secondary N) is 1. The molecule has 1 N–H and O–H groups in total. The molecule has 0 atom stereocenters. The summed E-state index contributed by atoms with van der Waals surface area (Å²) in [6.07, 6.45) is 4.96. The highest BCUT2D eigenvalue weighted by atomic mass is 127. The van der Waals surface area contributed by atoms with Crippen molar-refractivity contribution in [3.8, 4) is 11.5 Å². The zero-order chi connectivity index (χ0) is 16.5. The van der Waals surface area contributed by atoms with E-state index in [1.165, 1.54) is 5.56 Å². The smallest absolute Gasteiger partial charge is 0.231 e. The molecule has 0 unspecified atom stereocenters. The van der Waals surface area contributed by atoms with Crippen LogP contribution in [0.3, 0.4) is 0 Å². The molecule has 0 aromatic heterocycles. The van der Waals surface area contributed by atoms with Gasteiger partial charge >= 0.3 is 0 Å². The minimum absolute atomic E-state index is 0. The largest absolute Gasteiger partial charge is 0.454 e. The molecule has 24 heavy (non-hydrogen) atoms. The van der Waals surface area contributed by atoms with Gasteiger partial charge in [0, 0.05) is 26.7 Å². The second kappa shape index (κ2) is 11.2. The first-order chi connectivity index (χ1) is 11.2. The fraction of sp³-hybridized carbons (Fsp3) is 0.500. The van der Waals surface area contributed by atoms with Crippen molar-refractivity contribution in [2.24, 2.45) is 4.99 Å². The monoisotopic (exact) mass is 445 g/mol. The normalized spacial score (nSPS) is 12.5. The van der Waals surface area contributed by atoms with Gasteiger partial charge in [0.15, 0.2) is 17.5 Å². The summed E-state index contributed by atoms with van der Waals surface area (Å²) in [6, 6.07) is 6.08. The highest BCUT2D eigenvalue weighted by Gasteiger charge is 2.13. The lowest BCUT2D eigenvalue weighted by Crippen LogP contribution is -2.39. The van der Waals surface area contributed by atoms with Crippen LogP contribution in [0.2, 0.25) is 0 Å². The lowest BCUT2D eigenvalue weighted by atomic mass is 10.1. The van der Waals surface area contributed by atoms with Crippen molar-refractivity contribution in [1.29, 1.82) is 0 Å². The number of aliphatic imine (C=N–C) groups is 1. The molecule has 0 radical (unpaired) electrons. The van der Waals surface area contributed by atoms with Crippen LogP contribution in [0.15, 0.2) is 35.8 Å². The molecule has 1 aliphatic rings. The lowest BCUT2D eigenvalue weighted by molar-refractivity contribution is 0.174. The Morgan fingerprint density at radius 3 is 2.92 bits per heavy atom. The average molecular weight is 445 g/mol. The summed E-state index contributed by atoms with van der Waals surface area (Å²) in [7, 11) is 2.07. The van der Waals surface area contributed by atoms with Crippen LogP contribution in [0.25, 0.3) is 0 Å². The first kappa shape index (κ1) is 20.6. The lowest BCUT2D eigenvalue weighted by Gasteiger charge is -2.21. The van der Waals surface area contributed by atoms with Gasteiger partial charge in [-0.05, 0) is 43.9 Å². The van der Waals surface area contributed by atoms with Gasteiger partial charge in [0.2, 0.25) is 6.79 Å². The van der Waals surface area contributed by atoms with Gasteiger partial charge in [-0.15, -0.1) is 30.6 Å². The van der Waals surface area contributed by atoms with Gasteiger partial charge in [-0.2, -0.15) is 0 Å². The first-order valence-corrected chi connectivity index (χ1v) is 8.23. The Bertz CT molecular complexity index is 549. The van der Waals surface area contributed by atoms with E-state index in [0.29, 0.717) is 6.79 Å². The molecule has 0 saturated heterocycles. The molecule has 0 fully saturated rings. The standard InChI is InChI=1S/C18H27N3O2.HI/c1-4-6-7-12-21(3)18(19-5-2)20-11-10-15-8-9-16-17(13-15)23-14-22-16;/h4,8-9,13H,1,5-7,10-12,14H2,2-3H3,(H,19,20);1H. The molecule has 1 aliphatic heterocycles. The third-order valence-corrected chi connectivity index (χ3v) is 3.70. The zero-order valence-electron chi connectivity index (χ0n) is 14.6. The van der Waals surface area contributed by atoms with Crippen molar-refractivity contribution in [3.63, 3.8) is 0 Å². The SMILES string of the molecule is C=CCCCN(C)C(=NCCc1ccc2c(c1)OCO2)NCC.I. The summed E-state index contributed by atoms with van der Waals surface area (Å²) < 4.78 is 10.7. The van der Waals surface area contributed by atoms with Gasteiger partial charge in [-0.3, -0.25) is 4.99 Å². The molecule has 0 amide bonds. The maximum Gasteiger partial charge on any atom is 0.231 e. The van der Waals surface area contributed by atoms with Crippen molar-refractivity contribution in [2.45, 2.75) is 26.2 Å². The predicted molar refractivity (Wildman–Crippen MR) is 110 cm³/mol. The molecule has 0 spiro atoms. The van der Waals surface area contributed by atoms with Crippen LogP contribution < -0.4 is 14.8 Å². The van der Waals surface area contributed by atoms with Gasteiger partial charge in [-0.25, -0.2) is 0 Å². The third kappa shape index (κ3) is 6.22. The maximum absolute atomic E-state index is 5.41. The van der Waals surface area contributed by atoms with Crippen molar-refractivity contribution in [1.82, 2.24) is 10.2 Å². The predicted octanol–water partition coefficient (Wildman–Crippen LogP) is 3.44. The number of ether oxygens (including phenoxy) is 2. The van der Waals surface area contributed by atoms with Crippen molar-refractivity contribution in [2.75, 3.05) is 33.5 Å². The Labute approximate surface area is 162 Å². The summed E-state index contributed by atoms with van der Waals surface area (Å²) in [4.78, 5) is 6.89.